The summed E-state index contributed by atoms with van der Waals surface area (Å²) in [4.78, 5) is 35.6. The highest BCUT2D eigenvalue weighted by atomic mass is 16.5. The molecule has 1 aliphatic rings. The molecule has 0 saturated carbocycles. The van der Waals surface area contributed by atoms with Crippen molar-refractivity contribution >= 4 is 17.7 Å². The van der Waals surface area contributed by atoms with Gasteiger partial charge in [-0.3, -0.25) is 14.4 Å². The Labute approximate surface area is 142 Å². The summed E-state index contributed by atoms with van der Waals surface area (Å²) in [6.07, 6.45) is 6.68. The Hall–Kier alpha value is -2.43. The van der Waals surface area contributed by atoms with Gasteiger partial charge in [0.2, 0.25) is 0 Å². The lowest BCUT2D eigenvalue weighted by Gasteiger charge is -2.18. The summed E-state index contributed by atoms with van der Waals surface area (Å²) in [5, 5.41) is 2.64. The van der Waals surface area contributed by atoms with Gasteiger partial charge in [-0.15, -0.1) is 0 Å². The Bertz CT molecular complexity index is 609. The molecular weight excluding hydrogens is 306 g/mol. The number of benzene rings is 1. The molecule has 1 amide bonds. The quantitative estimate of drug-likeness (QED) is 0.615. The summed E-state index contributed by atoms with van der Waals surface area (Å²) >= 11 is 0. The molecule has 0 saturated heterocycles. The number of carbonyl (C=O) groups excluding carboxylic acids is 3. The molecular formula is C19H23NO4. The van der Waals surface area contributed by atoms with Crippen molar-refractivity contribution in [3.05, 3.63) is 48.0 Å². The second kappa shape index (κ2) is 9.01. The lowest BCUT2D eigenvalue weighted by Crippen LogP contribution is -2.43. The molecule has 5 nitrogen and oxygen atoms in total. The van der Waals surface area contributed by atoms with Gasteiger partial charge in [0.15, 0.2) is 12.4 Å². The Balaban J connectivity index is 1.81. The number of allylic oxidation sites excluding steroid dienone is 2. The average molecular weight is 329 g/mol. The monoisotopic (exact) mass is 329 g/mol. The van der Waals surface area contributed by atoms with Crippen molar-refractivity contribution in [1.82, 2.24) is 5.32 Å². The highest BCUT2D eigenvalue weighted by Crippen LogP contribution is 2.19. The molecule has 0 radical (unpaired) electrons. The minimum Gasteiger partial charge on any atom is -0.455 e. The highest BCUT2D eigenvalue weighted by molar-refractivity contribution is 5.89. The number of carbonyl (C=O) groups is 3. The van der Waals surface area contributed by atoms with Crippen LogP contribution in [0, 0.1) is 5.92 Å². The molecule has 5 heteroatoms. The molecule has 0 unspecified atom stereocenters. The van der Waals surface area contributed by atoms with Gasteiger partial charge in [0.1, 0.15) is 0 Å². The van der Waals surface area contributed by atoms with E-state index in [9.17, 15) is 14.4 Å². The number of hydrogen-bond donors (Lipinski definition) is 1. The molecule has 128 valence electrons. The number of nitrogens with one attached hydrogen (secondary N) is 1. The van der Waals surface area contributed by atoms with Crippen LogP contribution in [0.3, 0.4) is 0 Å². The van der Waals surface area contributed by atoms with E-state index >= 15 is 0 Å². The number of Topliss-reactive ketones (excluding diaryl/α,β-unsaturated/α-hetero) is 1. The third-order valence-electron chi connectivity index (χ3n) is 4.06. The van der Waals surface area contributed by atoms with Crippen LogP contribution in [0.2, 0.25) is 0 Å². The fraction of sp³-hybridized carbons (Fsp3) is 0.421. The van der Waals surface area contributed by atoms with Crippen LogP contribution in [0.4, 0.5) is 0 Å². The first-order valence-corrected chi connectivity index (χ1v) is 8.21. The van der Waals surface area contributed by atoms with Crippen LogP contribution in [0.15, 0.2) is 42.5 Å². The molecule has 2 rings (SSSR count). The van der Waals surface area contributed by atoms with Crippen LogP contribution in [-0.4, -0.2) is 30.3 Å². The molecule has 1 aromatic carbocycles. The van der Waals surface area contributed by atoms with Crippen LogP contribution in [0.5, 0.6) is 0 Å². The fourth-order valence-corrected chi connectivity index (χ4v) is 2.64. The number of rotatable bonds is 7. The van der Waals surface area contributed by atoms with Gasteiger partial charge in [-0.25, -0.2) is 0 Å². The second-order valence-corrected chi connectivity index (χ2v) is 6.01. The largest absolute Gasteiger partial charge is 0.455 e. The van der Waals surface area contributed by atoms with Crippen molar-refractivity contribution in [1.29, 1.82) is 0 Å². The third kappa shape index (κ3) is 5.65. The summed E-state index contributed by atoms with van der Waals surface area (Å²) in [6, 6.07) is 8.85. The molecule has 0 aromatic heterocycles. The van der Waals surface area contributed by atoms with Crippen molar-refractivity contribution < 1.29 is 19.1 Å². The molecule has 0 spiro atoms. The number of ketones is 1. The molecule has 0 bridgehead atoms. The lowest BCUT2D eigenvalue weighted by molar-refractivity contribution is -0.153. The zero-order valence-electron chi connectivity index (χ0n) is 13.9. The number of hydrogen-bond acceptors (Lipinski definition) is 4. The molecule has 1 aliphatic carbocycles. The lowest BCUT2D eigenvalue weighted by atomic mass is 9.95. The first-order chi connectivity index (χ1) is 11.6. The van der Waals surface area contributed by atoms with Gasteiger partial charge in [0, 0.05) is 0 Å². The first kappa shape index (κ1) is 17.9. The van der Waals surface area contributed by atoms with Gasteiger partial charge in [-0.05, 0) is 38.2 Å². The normalized spacial score (nSPS) is 17.8. The van der Waals surface area contributed by atoms with E-state index in [0.717, 1.165) is 18.4 Å². The van der Waals surface area contributed by atoms with E-state index in [1.807, 2.05) is 42.5 Å². The Morgan fingerprint density at radius 3 is 2.58 bits per heavy atom. The number of ether oxygens (including phenoxy) is 1. The summed E-state index contributed by atoms with van der Waals surface area (Å²) < 4.78 is 5.08. The zero-order chi connectivity index (χ0) is 17.4. The fourth-order valence-electron chi connectivity index (χ4n) is 2.64. The van der Waals surface area contributed by atoms with Crippen LogP contribution in [-0.2, 0) is 25.5 Å². The molecule has 0 aliphatic heterocycles. The van der Waals surface area contributed by atoms with E-state index in [2.05, 4.69) is 5.32 Å². The molecule has 1 N–H and O–H groups in total. The maximum atomic E-state index is 12.0. The van der Waals surface area contributed by atoms with Gasteiger partial charge >= 0.3 is 5.97 Å². The van der Waals surface area contributed by atoms with E-state index in [0.29, 0.717) is 12.8 Å². The van der Waals surface area contributed by atoms with Crippen molar-refractivity contribution in [3.8, 4) is 0 Å². The SMILES string of the molecule is CC(=O)[C@H](Cc1ccccc1)NC(=O)COC(=O)[C@H]1CC=CCC1. The van der Waals surface area contributed by atoms with E-state index in [4.69, 9.17) is 4.74 Å². The zero-order valence-corrected chi connectivity index (χ0v) is 13.9. The smallest absolute Gasteiger partial charge is 0.309 e. The van der Waals surface area contributed by atoms with Crippen molar-refractivity contribution in [2.75, 3.05) is 6.61 Å². The highest BCUT2D eigenvalue weighted by Gasteiger charge is 2.22. The standard InChI is InChI=1S/C19H23NO4/c1-14(21)17(12-15-8-4-2-5-9-15)20-18(22)13-24-19(23)16-10-6-3-7-11-16/h2-6,8-9,16-17H,7,10-13H2,1H3,(H,20,22)/t16-,17-/m0/s1. The second-order valence-electron chi connectivity index (χ2n) is 6.01. The van der Waals surface area contributed by atoms with Gasteiger partial charge in [-0.1, -0.05) is 42.5 Å². The summed E-state index contributed by atoms with van der Waals surface area (Å²) in [7, 11) is 0. The van der Waals surface area contributed by atoms with Gasteiger partial charge < -0.3 is 10.1 Å². The Kier molecular flexibility index (Phi) is 6.73. The molecule has 2 atom stereocenters. The summed E-state index contributed by atoms with van der Waals surface area (Å²) in [6.45, 7) is 1.09. The van der Waals surface area contributed by atoms with E-state index in [-0.39, 0.29) is 24.3 Å². The first-order valence-electron chi connectivity index (χ1n) is 8.21. The predicted molar refractivity (Wildman–Crippen MR) is 90.2 cm³/mol. The van der Waals surface area contributed by atoms with E-state index in [1.165, 1.54) is 6.92 Å². The minimum atomic E-state index is -0.615. The summed E-state index contributed by atoms with van der Waals surface area (Å²) in [5.41, 5.74) is 0.962. The van der Waals surface area contributed by atoms with Crippen molar-refractivity contribution in [2.45, 2.75) is 38.6 Å². The van der Waals surface area contributed by atoms with Gasteiger partial charge in [-0.2, -0.15) is 0 Å². The Morgan fingerprint density at radius 1 is 1.21 bits per heavy atom. The average Bonchev–Trinajstić information content (AvgIpc) is 2.60. The van der Waals surface area contributed by atoms with Gasteiger partial charge in [0.25, 0.3) is 5.91 Å². The van der Waals surface area contributed by atoms with Crippen molar-refractivity contribution in [3.63, 3.8) is 0 Å². The topological polar surface area (TPSA) is 72.5 Å². The van der Waals surface area contributed by atoms with Crippen LogP contribution >= 0.6 is 0 Å². The van der Waals surface area contributed by atoms with E-state index in [1.54, 1.807) is 0 Å². The molecule has 0 fully saturated rings. The minimum absolute atomic E-state index is 0.129. The maximum Gasteiger partial charge on any atom is 0.309 e. The maximum absolute atomic E-state index is 12.0. The number of amides is 1. The molecule has 0 heterocycles. The third-order valence-corrected chi connectivity index (χ3v) is 4.06. The Morgan fingerprint density at radius 2 is 1.96 bits per heavy atom. The summed E-state index contributed by atoms with van der Waals surface area (Å²) in [5.74, 6) is -1.10. The van der Waals surface area contributed by atoms with Crippen molar-refractivity contribution in [2.24, 2.45) is 5.92 Å². The van der Waals surface area contributed by atoms with E-state index < -0.39 is 11.9 Å². The van der Waals surface area contributed by atoms with Crippen LogP contribution in [0.25, 0.3) is 0 Å². The van der Waals surface area contributed by atoms with Crippen LogP contribution < -0.4 is 5.32 Å². The molecule has 1 aromatic rings. The molecule has 24 heavy (non-hydrogen) atoms. The number of esters is 1. The predicted octanol–water partition coefficient (Wildman–Crippen LogP) is 2.20. The van der Waals surface area contributed by atoms with Crippen LogP contribution in [0.1, 0.15) is 31.7 Å². The van der Waals surface area contributed by atoms with Gasteiger partial charge in [0.05, 0.1) is 12.0 Å².